The molecule has 4 rings (SSSR count). The first-order valence-corrected chi connectivity index (χ1v) is 9.01. The number of hydrogen-bond donors (Lipinski definition) is 2. The zero-order chi connectivity index (χ0) is 18.3. The van der Waals surface area contributed by atoms with Gasteiger partial charge in [0.1, 0.15) is 0 Å². The van der Waals surface area contributed by atoms with Crippen LogP contribution in [0.3, 0.4) is 0 Å². The van der Waals surface area contributed by atoms with Crippen molar-refractivity contribution in [3.8, 4) is 11.3 Å². The van der Waals surface area contributed by atoms with Gasteiger partial charge < -0.3 is 10.1 Å². The van der Waals surface area contributed by atoms with E-state index in [1.165, 1.54) is 28.8 Å². The van der Waals surface area contributed by atoms with Crippen molar-refractivity contribution in [3.05, 3.63) is 35.0 Å². The smallest absolute Gasteiger partial charge is 0.415 e. The number of fused-ring (bicyclic) bond motifs is 3. The predicted octanol–water partition coefficient (Wildman–Crippen LogP) is 2.20. The zero-order valence-electron chi connectivity index (χ0n) is 15.0. The second-order valence-corrected chi connectivity index (χ2v) is 6.68. The number of ether oxygens (including phenoxy) is 1. The fourth-order valence-electron chi connectivity index (χ4n) is 3.80. The number of aromatic amines is 1. The molecule has 1 saturated heterocycles. The van der Waals surface area contributed by atoms with Gasteiger partial charge in [0.05, 0.1) is 12.2 Å². The number of cyclic esters (lactones) is 1. The second kappa shape index (κ2) is 6.48. The number of likely N-dealkylation sites (N-methyl/N-ethyl adjacent to an activating group) is 1. The molecule has 2 heterocycles. The van der Waals surface area contributed by atoms with Crippen molar-refractivity contribution in [1.82, 2.24) is 15.5 Å². The van der Waals surface area contributed by atoms with E-state index < -0.39 is 12.2 Å². The number of nitrogens with zero attached hydrogens (tertiary/aromatic N) is 2. The molecular weight excluding hydrogens is 332 g/mol. The van der Waals surface area contributed by atoms with Gasteiger partial charge in [-0.05, 0) is 43.4 Å². The summed E-state index contributed by atoms with van der Waals surface area (Å²) in [6, 6.07) is 5.95. The Bertz CT molecular complexity index is 874. The third-order valence-electron chi connectivity index (χ3n) is 5.19. The Kier molecular flexibility index (Phi) is 4.14. The van der Waals surface area contributed by atoms with Crippen molar-refractivity contribution in [2.24, 2.45) is 0 Å². The van der Waals surface area contributed by atoms with E-state index in [4.69, 9.17) is 4.74 Å². The molecule has 0 saturated carbocycles. The van der Waals surface area contributed by atoms with Crippen molar-refractivity contribution >= 4 is 17.7 Å². The average molecular weight is 354 g/mol. The van der Waals surface area contributed by atoms with Crippen molar-refractivity contribution in [3.63, 3.8) is 0 Å². The summed E-state index contributed by atoms with van der Waals surface area (Å²) in [5.41, 5.74) is 6.58. The van der Waals surface area contributed by atoms with Gasteiger partial charge in [-0.15, -0.1) is 0 Å². The summed E-state index contributed by atoms with van der Waals surface area (Å²) in [5.74, 6) is -0.288. The number of rotatable bonds is 3. The lowest BCUT2D eigenvalue weighted by atomic mass is 10.0. The quantitative estimate of drug-likeness (QED) is 0.885. The number of anilines is 1. The highest BCUT2D eigenvalue weighted by molar-refractivity contribution is 5.95. The lowest BCUT2D eigenvalue weighted by Crippen LogP contribution is -2.35. The molecule has 7 heteroatoms. The first kappa shape index (κ1) is 16.6. The maximum absolute atomic E-state index is 12.2. The number of hydrogen-bond acceptors (Lipinski definition) is 4. The van der Waals surface area contributed by atoms with Gasteiger partial charge in [0.2, 0.25) is 0 Å². The first-order chi connectivity index (χ1) is 12.6. The summed E-state index contributed by atoms with van der Waals surface area (Å²) in [4.78, 5) is 25.5. The largest absolute Gasteiger partial charge is 0.434 e. The molecule has 1 atom stereocenters. The molecule has 2 aliphatic rings. The van der Waals surface area contributed by atoms with Crippen LogP contribution in [0.4, 0.5) is 10.5 Å². The van der Waals surface area contributed by atoms with E-state index in [0.29, 0.717) is 0 Å². The molecule has 0 unspecified atom stereocenters. The van der Waals surface area contributed by atoms with E-state index in [0.717, 1.165) is 42.6 Å². The monoisotopic (exact) mass is 354 g/mol. The fourth-order valence-corrected chi connectivity index (χ4v) is 3.80. The Labute approximate surface area is 151 Å². The summed E-state index contributed by atoms with van der Waals surface area (Å²) in [5, 5.41) is 10.2. The Hall–Kier alpha value is -2.83. The van der Waals surface area contributed by atoms with Gasteiger partial charge in [0, 0.05) is 29.6 Å². The Morgan fingerprint density at radius 3 is 3.04 bits per heavy atom. The van der Waals surface area contributed by atoms with Crippen LogP contribution in [-0.2, 0) is 28.8 Å². The zero-order valence-corrected chi connectivity index (χ0v) is 15.0. The molecule has 0 spiro atoms. The Balaban J connectivity index is 1.67. The van der Waals surface area contributed by atoms with E-state index in [2.05, 4.69) is 22.4 Å². The number of benzene rings is 1. The minimum Gasteiger partial charge on any atom is -0.434 e. The molecule has 1 aromatic carbocycles. The number of aromatic nitrogens is 2. The van der Waals surface area contributed by atoms with Gasteiger partial charge in [0.25, 0.3) is 5.91 Å². The molecule has 26 heavy (non-hydrogen) atoms. The van der Waals surface area contributed by atoms with Gasteiger partial charge in [-0.25, -0.2) is 4.79 Å². The molecule has 1 fully saturated rings. The summed E-state index contributed by atoms with van der Waals surface area (Å²) < 4.78 is 5.18. The van der Waals surface area contributed by atoms with Crippen molar-refractivity contribution in [1.29, 1.82) is 0 Å². The number of aryl methyl sites for hydroxylation is 2. The molecule has 1 aliphatic heterocycles. The summed E-state index contributed by atoms with van der Waals surface area (Å²) in [6.07, 6.45) is 2.67. The maximum Gasteiger partial charge on any atom is 0.415 e. The van der Waals surface area contributed by atoms with E-state index in [1.807, 2.05) is 18.2 Å². The maximum atomic E-state index is 12.2. The molecule has 1 aliphatic carbocycles. The highest BCUT2D eigenvalue weighted by Gasteiger charge is 2.36. The Morgan fingerprint density at radius 2 is 2.27 bits per heavy atom. The summed E-state index contributed by atoms with van der Waals surface area (Å²) >= 11 is 0. The average Bonchev–Trinajstić information content (AvgIpc) is 3.19. The number of carbonyl (C=O) groups excluding carboxylic acids is 2. The number of amides is 2. The van der Waals surface area contributed by atoms with Gasteiger partial charge >= 0.3 is 6.09 Å². The predicted molar refractivity (Wildman–Crippen MR) is 97.1 cm³/mol. The van der Waals surface area contributed by atoms with Crippen molar-refractivity contribution in [2.75, 3.05) is 18.5 Å². The highest BCUT2D eigenvalue weighted by atomic mass is 16.6. The first-order valence-electron chi connectivity index (χ1n) is 9.01. The molecule has 2 N–H and O–H groups in total. The van der Waals surface area contributed by atoms with Crippen LogP contribution in [0, 0.1) is 0 Å². The third kappa shape index (κ3) is 2.64. The topological polar surface area (TPSA) is 87.3 Å². The molecule has 7 nitrogen and oxygen atoms in total. The van der Waals surface area contributed by atoms with Crippen LogP contribution in [0.2, 0.25) is 0 Å². The molecular formula is C19H22N4O3. The van der Waals surface area contributed by atoms with Gasteiger partial charge in [-0.1, -0.05) is 13.0 Å². The van der Waals surface area contributed by atoms with Crippen molar-refractivity contribution < 1.29 is 14.3 Å². The van der Waals surface area contributed by atoms with Gasteiger partial charge in [0.15, 0.2) is 6.10 Å². The van der Waals surface area contributed by atoms with Crippen LogP contribution in [0.5, 0.6) is 0 Å². The van der Waals surface area contributed by atoms with Crippen molar-refractivity contribution in [2.45, 2.75) is 38.7 Å². The van der Waals surface area contributed by atoms with Gasteiger partial charge in [-0.3, -0.25) is 14.8 Å². The molecule has 0 bridgehead atoms. The summed E-state index contributed by atoms with van der Waals surface area (Å²) in [7, 11) is 1.53. The van der Waals surface area contributed by atoms with E-state index in [1.54, 1.807) is 0 Å². The molecule has 1 aromatic heterocycles. The van der Waals surface area contributed by atoms with E-state index in [-0.39, 0.29) is 12.5 Å². The van der Waals surface area contributed by atoms with Crippen LogP contribution >= 0.6 is 0 Å². The molecule has 2 aromatic rings. The second-order valence-electron chi connectivity index (χ2n) is 6.68. The lowest BCUT2D eigenvalue weighted by molar-refractivity contribution is -0.127. The molecule has 136 valence electrons. The minimum atomic E-state index is -0.767. The third-order valence-corrected chi connectivity index (χ3v) is 5.19. The van der Waals surface area contributed by atoms with Crippen LogP contribution in [-0.4, -0.2) is 41.9 Å². The van der Waals surface area contributed by atoms with E-state index in [9.17, 15) is 9.59 Å². The van der Waals surface area contributed by atoms with Crippen LogP contribution in [0.15, 0.2) is 18.2 Å². The Morgan fingerprint density at radius 1 is 1.42 bits per heavy atom. The molecule has 0 radical (unpaired) electrons. The number of carbonyl (C=O) groups is 2. The lowest BCUT2D eigenvalue weighted by Gasteiger charge is -2.15. The highest BCUT2D eigenvalue weighted by Crippen LogP contribution is 2.35. The summed E-state index contributed by atoms with van der Waals surface area (Å²) in [6.45, 7) is 2.36. The fraction of sp³-hybridized carbons (Fsp3) is 0.421. The van der Waals surface area contributed by atoms with Crippen LogP contribution in [0.1, 0.15) is 30.2 Å². The standard InChI is InChI=1S/C19H22N4O3/c1-3-15-14-6-4-5-11-9-12(7-8-13(11)17(14)22-21-15)23-10-16(18(24)20-2)26-19(23)25/h7-9,16H,3-6,10H2,1-2H3,(H,20,24)(H,21,22)/t16-/m1/s1. The normalized spacial score (nSPS) is 18.8. The SMILES string of the molecule is CCc1[nH]nc2c1CCCc1cc(N3C[C@H](C(=O)NC)OC3=O)ccc1-2. The minimum absolute atomic E-state index is 0.227. The van der Waals surface area contributed by atoms with Gasteiger partial charge in [-0.2, -0.15) is 5.10 Å². The number of nitrogens with one attached hydrogen (secondary N) is 2. The molecule has 2 amide bonds. The van der Waals surface area contributed by atoms with Crippen LogP contribution in [0.25, 0.3) is 11.3 Å². The number of H-pyrrole nitrogens is 1. The van der Waals surface area contributed by atoms with E-state index >= 15 is 0 Å². The van der Waals surface area contributed by atoms with Crippen LogP contribution < -0.4 is 10.2 Å².